The molecule has 3 nitrogen and oxygen atoms in total. The third-order valence-electron chi connectivity index (χ3n) is 2.57. The third-order valence-corrected chi connectivity index (χ3v) is 2.57. The van der Waals surface area contributed by atoms with Crippen molar-refractivity contribution in [2.45, 2.75) is 53.0 Å². The highest BCUT2D eigenvalue weighted by molar-refractivity contribution is 5.74. The lowest BCUT2D eigenvalue weighted by atomic mass is 9.85. The molecule has 14 heavy (non-hydrogen) atoms. The number of ether oxygens (including phenoxy) is 1. The fraction of sp³-hybridized carbons (Fsp3) is 0.909. The molecule has 0 aromatic heterocycles. The molecule has 84 valence electrons. The first kappa shape index (κ1) is 13.4. The zero-order chi connectivity index (χ0) is 11.2. The molecule has 0 bridgehead atoms. The summed E-state index contributed by atoms with van der Waals surface area (Å²) in [5.74, 6) is -0.306. The van der Waals surface area contributed by atoms with E-state index in [1.54, 1.807) is 6.92 Å². The molecular formula is C11H23NO2. The van der Waals surface area contributed by atoms with Crippen LogP contribution in [0.25, 0.3) is 0 Å². The van der Waals surface area contributed by atoms with E-state index in [1.165, 1.54) is 0 Å². The normalized spacial score (nSPS) is 13.8. The van der Waals surface area contributed by atoms with Gasteiger partial charge in [-0.05, 0) is 25.2 Å². The number of rotatable bonds is 6. The van der Waals surface area contributed by atoms with Crippen molar-refractivity contribution in [1.82, 2.24) is 0 Å². The number of carbonyl (C=O) groups excluding carboxylic acids is 1. The Labute approximate surface area is 87.0 Å². The Bertz CT molecular complexity index is 176. The molecule has 3 heteroatoms. The van der Waals surface area contributed by atoms with Crippen LogP contribution in [-0.4, -0.2) is 18.6 Å². The van der Waals surface area contributed by atoms with E-state index < -0.39 is 6.04 Å². The lowest BCUT2D eigenvalue weighted by Gasteiger charge is -2.22. The van der Waals surface area contributed by atoms with E-state index in [9.17, 15) is 4.79 Å². The SMILES string of the molecule is CCC(C)(C)CCCOC(=O)[C@H](C)N. The average molecular weight is 201 g/mol. The van der Waals surface area contributed by atoms with Gasteiger partial charge in [0.05, 0.1) is 6.61 Å². The molecule has 2 N–H and O–H groups in total. The maximum Gasteiger partial charge on any atom is 0.322 e. The summed E-state index contributed by atoms with van der Waals surface area (Å²) in [5, 5.41) is 0. The second kappa shape index (κ2) is 6.02. The molecule has 0 fully saturated rings. The molecule has 0 aromatic carbocycles. The Morgan fingerprint density at radius 2 is 2.07 bits per heavy atom. The average Bonchev–Trinajstić information content (AvgIpc) is 2.12. The molecule has 0 saturated heterocycles. The largest absolute Gasteiger partial charge is 0.465 e. The van der Waals surface area contributed by atoms with Gasteiger partial charge in [-0.2, -0.15) is 0 Å². The minimum absolute atomic E-state index is 0.306. The molecule has 0 aliphatic heterocycles. The second-order valence-electron chi connectivity index (χ2n) is 4.58. The summed E-state index contributed by atoms with van der Waals surface area (Å²) in [5.41, 5.74) is 5.70. The van der Waals surface area contributed by atoms with Crippen molar-refractivity contribution < 1.29 is 9.53 Å². The Balaban J connectivity index is 3.52. The number of esters is 1. The minimum atomic E-state index is -0.505. The maximum absolute atomic E-state index is 11.0. The van der Waals surface area contributed by atoms with E-state index in [-0.39, 0.29) is 5.97 Å². The molecule has 1 atom stereocenters. The smallest absolute Gasteiger partial charge is 0.322 e. The van der Waals surface area contributed by atoms with E-state index in [2.05, 4.69) is 20.8 Å². The van der Waals surface area contributed by atoms with Gasteiger partial charge in [0.2, 0.25) is 0 Å². The summed E-state index contributed by atoms with van der Waals surface area (Å²) in [6.45, 7) is 8.75. The Morgan fingerprint density at radius 1 is 1.50 bits per heavy atom. The molecule has 0 saturated carbocycles. The first-order valence-corrected chi connectivity index (χ1v) is 5.31. The maximum atomic E-state index is 11.0. The zero-order valence-electron chi connectivity index (χ0n) is 9.80. The van der Waals surface area contributed by atoms with Gasteiger partial charge in [-0.25, -0.2) is 0 Å². The van der Waals surface area contributed by atoms with Crippen LogP contribution in [0.5, 0.6) is 0 Å². The van der Waals surface area contributed by atoms with Gasteiger partial charge >= 0.3 is 5.97 Å². The van der Waals surface area contributed by atoms with E-state index in [0.29, 0.717) is 12.0 Å². The van der Waals surface area contributed by atoms with Crippen molar-refractivity contribution in [2.24, 2.45) is 11.1 Å². The van der Waals surface area contributed by atoms with Gasteiger partial charge in [-0.1, -0.05) is 27.2 Å². The van der Waals surface area contributed by atoms with Gasteiger partial charge in [0.15, 0.2) is 0 Å². The fourth-order valence-corrected chi connectivity index (χ4v) is 1.03. The van der Waals surface area contributed by atoms with Gasteiger partial charge in [0.1, 0.15) is 6.04 Å². The monoisotopic (exact) mass is 201 g/mol. The van der Waals surface area contributed by atoms with Crippen molar-refractivity contribution in [1.29, 1.82) is 0 Å². The molecule has 0 unspecified atom stereocenters. The summed E-state index contributed by atoms with van der Waals surface area (Å²) in [6, 6.07) is -0.505. The van der Waals surface area contributed by atoms with Gasteiger partial charge in [-0.15, -0.1) is 0 Å². The minimum Gasteiger partial charge on any atom is -0.465 e. The standard InChI is InChI=1S/C11H23NO2/c1-5-11(3,4)7-6-8-14-10(13)9(2)12/h9H,5-8,12H2,1-4H3/t9-/m0/s1. The molecular weight excluding hydrogens is 178 g/mol. The first-order chi connectivity index (χ1) is 6.39. The lowest BCUT2D eigenvalue weighted by Crippen LogP contribution is -2.29. The third kappa shape index (κ3) is 5.97. The van der Waals surface area contributed by atoms with Gasteiger partial charge in [0, 0.05) is 0 Å². The predicted octanol–water partition coefficient (Wildman–Crippen LogP) is 2.09. The predicted molar refractivity (Wildman–Crippen MR) is 57.9 cm³/mol. The van der Waals surface area contributed by atoms with E-state index in [1.807, 2.05) is 0 Å². The fourth-order valence-electron chi connectivity index (χ4n) is 1.03. The highest BCUT2D eigenvalue weighted by Crippen LogP contribution is 2.25. The van der Waals surface area contributed by atoms with Crippen molar-refractivity contribution >= 4 is 5.97 Å². The van der Waals surface area contributed by atoms with Crippen LogP contribution < -0.4 is 5.73 Å². The molecule has 0 rings (SSSR count). The lowest BCUT2D eigenvalue weighted by molar-refractivity contribution is -0.145. The molecule has 0 aliphatic carbocycles. The van der Waals surface area contributed by atoms with Crippen molar-refractivity contribution in [3.63, 3.8) is 0 Å². The summed E-state index contributed by atoms with van der Waals surface area (Å²) >= 11 is 0. The highest BCUT2D eigenvalue weighted by atomic mass is 16.5. The van der Waals surface area contributed by atoms with Crippen LogP contribution in [0.15, 0.2) is 0 Å². The van der Waals surface area contributed by atoms with Crippen LogP contribution in [0.3, 0.4) is 0 Å². The van der Waals surface area contributed by atoms with Gasteiger partial charge < -0.3 is 10.5 Å². The summed E-state index contributed by atoms with van der Waals surface area (Å²) in [7, 11) is 0. The summed E-state index contributed by atoms with van der Waals surface area (Å²) in [4.78, 5) is 11.0. The Kier molecular flexibility index (Phi) is 5.77. The van der Waals surface area contributed by atoms with Gasteiger partial charge in [-0.3, -0.25) is 4.79 Å². The summed E-state index contributed by atoms with van der Waals surface area (Å²) < 4.78 is 4.98. The van der Waals surface area contributed by atoms with E-state index in [0.717, 1.165) is 19.3 Å². The molecule has 0 amide bonds. The summed E-state index contributed by atoms with van der Waals surface area (Å²) in [6.07, 6.45) is 3.14. The quantitative estimate of drug-likeness (QED) is 0.529. The molecule has 0 aliphatic rings. The zero-order valence-corrected chi connectivity index (χ0v) is 9.80. The van der Waals surface area contributed by atoms with Crippen LogP contribution in [0.1, 0.15) is 47.0 Å². The number of carbonyl (C=O) groups is 1. The van der Waals surface area contributed by atoms with Crippen LogP contribution in [0.4, 0.5) is 0 Å². The first-order valence-electron chi connectivity index (χ1n) is 5.31. The number of nitrogens with two attached hydrogens (primary N) is 1. The van der Waals surface area contributed by atoms with E-state index in [4.69, 9.17) is 10.5 Å². The number of hydrogen-bond donors (Lipinski definition) is 1. The Hall–Kier alpha value is -0.570. The second-order valence-corrected chi connectivity index (χ2v) is 4.58. The molecule has 0 radical (unpaired) electrons. The number of hydrogen-bond acceptors (Lipinski definition) is 3. The van der Waals surface area contributed by atoms with Crippen LogP contribution >= 0.6 is 0 Å². The van der Waals surface area contributed by atoms with Gasteiger partial charge in [0.25, 0.3) is 0 Å². The molecule has 0 spiro atoms. The van der Waals surface area contributed by atoms with E-state index >= 15 is 0 Å². The van der Waals surface area contributed by atoms with Crippen LogP contribution in [0, 0.1) is 5.41 Å². The van der Waals surface area contributed by atoms with Crippen molar-refractivity contribution in [2.75, 3.05) is 6.61 Å². The molecule has 0 aromatic rings. The topological polar surface area (TPSA) is 52.3 Å². The van der Waals surface area contributed by atoms with Crippen LogP contribution in [-0.2, 0) is 9.53 Å². The van der Waals surface area contributed by atoms with Crippen molar-refractivity contribution in [3.05, 3.63) is 0 Å². The van der Waals surface area contributed by atoms with Crippen molar-refractivity contribution in [3.8, 4) is 0 Å². The Morgan fingerprint density at radius 3 is 2.50 bits per heavy atom. The van der Waals surface area contributed by atoms with Crippen LogP contribution in [0.2, 0.25) is 0 Å². The highest BCUT2D eigenvalue weighted by Gasteiger charge is 2.15. The molecule has 0 heterocycles.